The van der Waals surface area contributed by atoms with E-state index in [1.54, 1.807) is 73.5 Å². The lowest BCUT2D eigenvalue weighted by Gasteiger charge is -2.18. The molecule has 0 aliphatic rings. The number of hydrogen-bond donors (Lipinski definition) is 4. The predicted octanol–water partition coefficient (Wildman–Crippen LogP) is 15.8. The number of thioether (sulfide) groups is 2. The van der Waals surface area contributed by atoms with Crippen LogP contribution in [0.5, 0.6) is 0 Å². The molecule has 0 fully saturated rings. The number of fused-ring (bicyclic) bond motifs is 2. The summed E-state index contributed by atoms with van der Waals surface area (Å²) in [4.78, 5) is 90.2. The second-order valence-corrected chi connectivity index (χ2v) is 26.4. The van der Waals surface area contributed by atoms with Gasteiger partial charge in [-0.15, -0.1) is 22.7 Å². The van der Waals surface area contributed by atoms with E-state index in [1.165, 1.54) is 71.3 Å². The van der Waals surface area contributed by atoms with Crippen LogP contribution in [0.25, 0.3) is 41.8 Å². The minimum absolute atomic E-state index is 0.0555. The number of nitrogens with two attached hydrogens (primary N) is 1. The van der Waals surface area contributed by atoms with E-state index < -0.39 is 21.2 Å². The van der Waals surface area contributed by atoms with Crippen molar-refractivity contribution in [1.82, 2.24) is 34.9 Å². The van der Waals surface area contributed by atoms with Crippen molar-refractivity contribution in [2.45, 2.75) is 44.4 Å². The Balaban J connectivity index is 0.000000168. The lowest BCUT2D eigenvalue weighted by atomic mass is 9.96. The van der Waals surface area contributed by atoms with Crippen LogP contribution < -0.4 is 26.6 Å². The van der Waals surface area contributed by atoms with Crippen molar-refractivity contribution >= 4 is 158 Å². The highest BCUT2D eigenvalue weighted by Crippen LogP contribution is 2.33. The molecule has 0 radical (unpaired) electrons. The summed E-state index contributed by atoms with van der Waals surface area (Å²) in [5.41, 5.74) is 10.4. The van der Waals surface area contributed by atoms with Crippen LogP contribution in [0.2, 0.25) is 0 Å². The van der Waals surface area contributed by atoms with Gasteiger partial charge in [-0.25, -0.2) is 34.9 Å². The molecule has 4 aromatic carbocycles. The fourth-order valence-corrected chi connectivity index (χ4v) is 11.1. The molecule has 0 atom stereocenters. The van der Waals surface area contributed by atoms with Gasteiger partial charge in [0, 0.05) is 117 Å². The number of thiocarbonyl (C=S) groups is 2. The molecule has 0 saturated heterocycles. The molecule has 7 aromatic heterocycles. The van der Waals surface area contributed by atoms with Crippen molar-refractivity contribution in [3.8, 4) is 21.1 Å². The zero-order chi connectivity index (χ0) is 65.6. The molecule has 0 bridgehead atoms. The van der Waals surface area contributed by atoms with Gasteiger partial charge in [0.15, 0.2) is 11.3 Å². The second kappa shape index (κ2) is 33.1. The van der Waals surface area contributed by atoms with Crippen molar-refractivity contribution in [2.24, 2.45) is 5.41 Å². The van der Waals surface area contributed by atoms with Gasteiger partial charge in [0.05, 0.1) is 29.0 Å². The molecule has 27 heteroatoms. The molecule has 11 rings (SSSR count). The maximum Gasteiger partial charge on any atom is 0.270 e. The van der Waals surface area contributed by atoms with Crippen LogP contribution in [0, 0.1) is 25.6 Å². The Morgan fingerprint density at radius 1 is 0.538 bits per heavy atom. The number of nitro groups is 2. The van der Waals surface area contributed by atoms with Crippen LogP contribution in [0.15, 0.2) is 205 Å². The Hall–Kier alpha value is -9.90. The van der Waals surface area contributed by atoms with E-state index in [2.05, 4.69) is 50.8 Å². The average molecular weight is 1330 g/mol. The first-order valence-corrected chi connectivity index (χ1v) is 31.3. The largest absolute Gasteiger partial charge is 0.384 e. The maximum absolute atomic E-state index is 12.6. The Bertz CT molecular complexity index is 4330. The van der Waals surface area contributed by atoms with Crippen LogP contribution in [-0.4, -0.2) is 84.9 Å². The summed E-state index contributed by atoms with van der Waals surface area (Å²) in [5.74, 6) is 0.852. The molecule has 462 valence electrons. The van der Waals surface area contributed by atoms with Crippen LogP contribution in [0.3, 0.4) is 0 Å². The van der Waals surface area contributed by atoms with Crippen LogP contribution in [0.1, 0.15) is 55.3 Å². The summed E-state index contributed by atoms with van der Waals surface area (Å²) in [7, 11) is 3.90. The Labute approximate surface area is 550 Å². The Morgan fingerprint density at radius 2 is 1.01 bits per heavy atom. The number of nitrogens with zero attached hydrogens (tertiary/aromatic N) is 10. The number of thiazole rings is 2. The topological polar surface area (TPSA) is 293 Å². The molecule has 0 aliphatic heterocycles. The van der Waals surface area contributed by atoms with Gasteiger partial charge in [0.1, 0.15) is 27.5 Å². The van der Waals surface area contributed by atoms with Gasteiger partial charge in [-0.2, -0.15) is 0 Å². The highest BCUT2D eigenvalue weighted by molar-refractivity contribution is 8.23. The number of nitrogen functional groups attached to an aromatic ring is 1. The number of carbonyl (C=O) groups is 3. The van der Waals surface area contributed by atoms with Gasteiger partial charge < -0.3 is 26.6 Å². The minimum Gasteiger partial charge on any atom is -0.384 e. The highest BCUT2D eigenvalue weighted by atomic mass is 32.2. The summed E-state index contributed by atoms with van der Waals surface area (Å²) < 4.78 is 3.50. The Kier molecular flexibility index (Phi) is 24.9. The molecule has 11 aromatic rings. The molecule has 3 amide bonds. The SMILES string of the molecule is CC(=S)Sc1cccnc1NC(=O)C(C)(C)C.CC(=S)Sc1cccnc1NC(=O)c1cccc([N+](=O)[O-])c1.CN(C)c1cccc(C(=O)Nc2cccc(-c3nc4ncccc4s3)c2)c1.Nc1ccccn1.O=[N+]([O-])c1cccc(-c2nc3ncccc3s2)c1. The number of benzene rings is 4. The molecular weight excluding hydrogens is 1270 g/mol. The first-order valence-electron chi connectivity index (χ1n) is 27.2. The third-order valence-corrected chi connectivity index (χ3v) is 16.1. The molecule has 7 heterocycles. The summed E-state index contributed by atoms with van der Waals surface area (Å²) in [6.07, 6.45) is 8.28. The van der Waals surface area contributed by atoms with E-state index in [9.17, 15) is 34.6 Å². The van der Waals surface area contributed by atoms with Crippen LogP contribution in [0.4, 0.5) is 40.2 Å². The molecule has 0 aliphatic carbocycles. The van der Waals surface area contributed by atoms with E-state index in [1.807, 2.05) is 150 Å². The van der Waals surface area contributed by atoms with Gasteiger partial charge in [-0.1, -0.05) is 111 Å². The number of nitro benzene ring substituents is 2. The number of hydrogen-bond acceptors (Lipinski definition) is 22. The van der Waals surface area contributed by atoms with Crippen molar-refractivity contribution in [3.63, 3.8) is 0 Å². The first kappa shape index (κ1) is 68.6. The molecule has 0 saturated carbocycles. The first-order chi connectivity index (χ1) is 43.5. The lowest BCUT2D eigenvalue weighted by molar-refractivity contribution is -0.385. The van der Waals surface area contributed by atoms with Crippen LogP contribution >= 0.6 is 70.6 Å². The lowest BCUT2D eigenvalue weighted by Crippen LogP contribution is -2.28. The highest BCUT2D eigenvalue weighted by Gasteiger charge is 2.23. The number of aromatic nitrogens is 7. The summed E-state index contributed by atoms with van der Waals surface area (Å²) in [6.45, 7) is 9.22. The van der Waals surface area contributed by atoms with E-state index >= 15 is 0 Å². The van der Waals surface area contributed by atoms with E-state index in [0.717, 1.165) is 56.7 Å². The minimum atomic E-state index is -0.547. The number of pyridine rings is 5. The van der Waals surface area contributed by atoms with E-state index in [0.29, 0.717) is 37.8 Å². The molecular formula is C64H58N14O7S6. The normalized spacial score (nSPS) is 10.5. The van der Waals surface area contributed by atoms with E-state index in [-0.39, 0.29) is 28.8 Å². The average Bonchev–Trinajstić information content (AvgIpc) is 2.34. The quantitative estimate of drug-likeness (QED) is 0.0382. The number of nitrogens with one attached hydrogen (secondary N) is 3. The van der Waals surface area contributed by atoms with Crippen LogP contribution in [-0.2, 0) is 4.79 Å². The second-order valence-electron chi connectivity index (χ2n) is 20.1. The molecule has 0 unspecified atom stereocenters. The number of carbonyl (C=O) groups excluding carboxylic acids is 3. The van der Waals surface area contributed by atoms with E-state index in [4.69, 9.17) is 30.2 Å². The maximum atomic E-state index is 12.6. The smallest absolute Gasteiger partial charge is 0.270 e. The molecule has 21 nitrogen and oxygen atoms in total. The number of rotatable bonds is 12. The summed E-state index contributed by atoms with van der Waals surface area (Å²) in [5, 5.41) is 31.6. The zero-order valence-electron chi connectivity index (χ0n) is 49.8. The van der Waals surface area contributed by atoms with Gasteiger partial charge in [0.25, 0.3) is 23.2 Å². The molecule has 91 heavy (non-hydrogen) atoms. The van der Waals surface area contributed by atoms with Gasteiger partial charge in [-0.3, -0.25) is 34.6 Å². The van der Waals surface area contributed by atoms with Gasteiger partial charge in [0.2, 0.25) is 5.91 Å². The third kappa shape index (κ3) is 21.1. The van der Waals surface area contributed by atoms with Crippen molar-refractivity contribution in [2.75, 3.05) is 40.7 Å². The third-order valence-electron chi connectivity index (χ3n) is 11.8. The summed E-state index contributed by atoms with van der Waals surface area (Å²) in [6, 6.07) is 47.6. The standard InChI is InChI=1S/C21H18N4OS.C14H11N3O3S2.C12H7N3O2S.C12H16N2OS2.C5H6N2/c1-25(2)17-9-4-6-14(13-17)20(26)23-16-8-3-7-15(12-16)21-24-19-18(27-21)10-5-11-22-19;1-9(21)22-12-6-3-7-15-13(12)16-14(18)10-4-2-5-11(8-10)17(19)20;16-15(17)9-4-1-3-8(7-9)12-14-11-10(18-12)5-2-6-13-11;1-8(16)17-9-6-5-7-13-10(9)14-11(15)12(2,3)4;6-5-3-1-2-4-7-5/h3-13H,1-2H3,(H,23,26);2-8H,1H3,(H,15,16,18);1-7H;5-7H,1-4H3,(H,13,14,15);1-4H,(H2,6,7). The van der Waals surface area contributed by atoms with Crippen molar-refractivity contribution in [3.05, 3.63) is 226 Å². The fraction of sp³-hybridized carbons (Fsp3) is 0.125. The molecule has 5 N–H and O–H groups in total. The number of anilines is 5. The van der Waals surface area contributed by atoms with Gasteiger partial charge >= 0.3 is 0 Å². The Morgan fingerprint density at radius 3 is 1.51 bits per heavy atom. The monoisotopic (exact) mass is 1330 g/mol. The number of amides is 3. The van der Waals surface area contributed by atoms with Gasteiger partial charge in [-0.05, 0) is 111 Å². The fourth-order valence-electron chi connectivity index (χ4n) is 7.45. The molecule has 0 spiro atoms. The predicted molar refractivity (Wildman–Crippen MR) is 376 cm³/mol. The zero-order valence-corrected chi connectivity index (χ0v) is 54.7. The van der Waals surface area contributed by atoms with Crippen molar-refractivity contribution < 1.29 is 24.2 Å². The van der Waals surface area contributed by atoms with Crippen molar-refractivity contribution in [1.29, 1.82) is 0 Å². The number of non-ortho nitro benzene ring substituents is 2. The summed E-state index contributed by atoms with van der Waals surface area (Å²) >= 11 is 15.9.